The molecule has 0 atom stereocenters. The summed E-state index contributed by atoms with van der Waals surface area (Å²) in [6.45, 7) is 0.562. The number of thiocarbonyl (C=S) groups is 1. The molecule has 0 aliphatic carbocycles. The summed E-state index contributed by atoms with van der Waals surface area (Å²) >= 11 is 17.3. The van der Waals surface area contributed by atoms with Gasteiger partial charge in [-0.1, -0.05) is 47.5 Å². The van der Waals surface area contributed by atoms with Gasteiger partial charge in [0.15, 0.2) is 5.11 Å². The van der Waals surface area contributed by atoms with Crippen LogP contribution in [0.3, 0.4) is 0 Å². The Morgan fingerprint density at radius 2 is 1.63 bits per heavy atom. The van der Waals surface area contributed by atoms with Gasteiger partial charge in [0.05, 0.1) is 10.0 Å². The van der Waals surface area contributed by atoms with Crippen molar-refractivity contribution in [3.8, 4) is 0 Å². The first kappa shape index (κ1) is 20.6. The number of amides is 2. The molecule has 5 nitrogen and oxygen atoms in total. The Hall–Kier alpha value is -2.67. The maximum Gasteiger partial charge on any atom is 0.265 e. The van der Waals surface area contributed by atoms with Gasteiger partial charge in [0, 0.05) is 43.3 Å². The highest BCUT2D eigenvalue weighted by Gasteiger charge is 2.35. The highest BCUT2D eigenvalue weighted by Crippen LogP contribution is 2.28. The molecule has 0 radical (unpaired) electrons. The van der Waals surface area contributed by atoms with Gasteiger partial charge in [-0.3, -0.25) is 19.4 Å². The molecule has 1 aromatic heterocycles. The Kier molecular flexibility index (Phi) is 5.40. The van der Waals surface area contributed by atoms with Crippen LogP contribution in [-0.4, -0.2) is 45.4 Å². The first-order valence-electron chi connectivity index (χ1n) is 9.11. The number of rotatable bonds is 3. The van der Waals surface area contributed by atoms with Crippen molar-refractivity contribution < 1.29 is 9.59 Å². The van der Waals surface area contributed by atoms with Crippen molar-refractivity contribution in [1.29, 1.82) is 0 Å². The summed E-state index contributed by atoms with van der Waals surface area (Å²) in [6.07, 6.45) is 3.56. The van der Waals surface area contributed by atoms with Gasteiger partial charge in [-0.15, -0.1) is 0 Å². The van der Waals surface area contributed by atoms with Crippen LogP contribution in [0.1, 0.15) is 11.1 Å². The average molecular weight is 458 g/mol. The van der Waals surface area contributed by atoms with Gasteiger partial charge in [0.1, 0.15) is 5.57 Å². The molecule has 2 heterocycles. The van der Waals surface area contributed by atoms with Crippen molar-refractivity contribution >= 4 is 69.3 Å². The van der Waals surface area contributed by atoms with Crippen LogP contribution in [0.5, 0.6) is 0 Å². The van der Waals surface area contributed by atoms with Gasteiger partial charge in [0.25, 0.3) is 11.8 Å². The fourth-order valence-electron chi connectivity index (χ4n) is 3.49. The van der Waals surface area contributed by atoms with E-state index in [1.807, 2.05) is 42.6 Å². The molecule has 30 heavy (non-hydrogen) atoms. The minimum absolute atomic E-state index is 0.0750. The molecular formula is C22H17Cl2N3O2S. The number of carbonyl (C=O) groups excluding carboxylic acids is 2. The summed E-state index contributed by atoms with van der Waals surface area (Å²) in [5, 5.41) is 2.12. The molecule has 1 fully saturated rings. The lowest BCUT2D eigenvalue weighted by Crippen LogP contribution is -2.52. The number of carbonyl (C=O) groups is 2. The van der Waals surface area contributed by atoms with Crippen LogP contribution >= 0.6 is 35.4 Å². The number of para-hydroxylation sites is 1. The summed E-state index contributed by atoms with van der Waals surface area (Å²) in [6, 6.07) is 13.3. The van der Waals surface area contributed by atoms with E-state index in [0.717, 1.165) is 22.0 Å². The Balaban J connectivity index is 1.80. The summed E-state index contributed by atoms with van der Waals surface area (Å²) < 4.78 is 2.05. The Morgan fingerprint density at radius 1 is 0.967 bits per heavy atom. The van der Waals surface area contributed by atoms with Gasteiger partial charge < -0.3 is 4.57 Å². The Morgan fingerprint density at radius 3 is 2.30 bits per heavy atom. The van der Waals surface area contributed by atoms with Gasteiger partial charge >= 0.3 is 0 Å². The number of nitrogens with zero attached hydrogens (tertiary/aromatic N) is 3. The molecule has 0 spiro atoms. The third kappa shape index (κ3) is 3.51. The van der Waals surface area contributed by atoms with Crippen molar-refractivity contribution in [2.75, 3.05) is 14.1 Å². The average Bonchev–Trinajstić information content (AvgIpc) is 3.08. The number of aromatic nitrogens is 1. The number of fused-ring (bicyclic) bond motifs is 1. The van der Waals surface area contributed by atoms with E-state index in [-0.39, 0.29) is 10.7 Å². The smallest absolute Gasteiger partial charge is 0.265 e. The number of hydrogen-bond acceptors (Lipinski definition) is 3. The standard InChI is InChI=1S/C22H17Cl2N3O2S/c1-25-20(28)16(21(29)26(2)22(25)30)10-14-12-27(19-6-4-3-5-15(14)19)11-13-7-8-17(23)18(24)9-13/h3-10,12H,11H2,1-2H3. The van der Waals surface area contributed by atoms with Crippen molar-refractivity contribution in [2.45, 2.75) is 6.54 Å². The van der Waals surface area contributed by atoms with Crippen LogP contribution in [0.2, 0.25) is 10.0 Å². The second-order valence-electron chi connectivity index (χ2n) is 7.05. The van der Waals surface area contributed by atoms with E-state index in [0.29, 0.717) is 16.6 Å². The SMILES string of the molecule is CN1C(=O)C(=Cc2cn(Cc3ccc(Cl)c(Cl)c3)c3ccccc23)C(=O)N(C)C1=S. The molecule has 3 aromatic rings. The molecule has 0 unspecified atom stereocenters. The lowest BCUT2D eigenvalue weighted by atomic mass is 10.1. The number of halogens is 2. The fraction of sp³-hybridized carbons (Fsp3) is 0.136. The normalized spacial score (nSPS) is 14.8. The quantitative estimate of drug-likeness (QED) is 0.328. The zero-order chi connectivity index (χ0) is 21.6. The van der Waals surface area contributed by atoms with Gasteiger partial charge in [0.2, 0.25) is 0 Å². The van der Waals surface area contributed by atoms with E-state index in [1.54, 1.807) is 26.2 Å². The van der Waals surface area contributed by atoms with E-state index in [9.17, 15) is 9.59 Å². The van der Waals surface area contributed by atoms with Crippen LogP contribution in [0, 0.1) is 0 Å². The zero-order valence-corrected chi connectivity index (χ0v) is 18.6. The van der Waals surface area contributed by atoms with Crippen LogP contribution in [0.4, 0.5) is 0 Å². The van der Waals surface area contributed by atoms with Crippen LogP contribution in [0.25, 0.3) is 17.0 Å². The summed E-state index contributed by atoms with van der Waals surface area (Å²) in [7, 11) is 3.13. The second-order valence-corrected chi connectivity index (χ2v) is 8.23. The first-order valence-corrected chi connectivity index (χ1v) is 10.3. The Labute approximate surface area is 189 Å². The van der Waals surface area contributed by atoms with Crippen molar-refractivity contribution in [3.05, 3.63) is 75.4 Å². The molecule has 4 rings (SSSR count). The summed E-state index contributed by atoms with van der Waals surface area (Å²) in [5.74, 6) is -0.825. The maximum atomic E-state index is 12.7. The largest absolute Gasteiger partial charge is 0.342 e. The topological polar surface area (TPSA) is 45.6 Å². The van der Waals surface area contributed by atoms with E-state index in [4.69, 9.17) is 35.4 Å². The van der Waals surface area contributed by atoms with Crippen molar-refractivity contribution in [2.24, 2.45) is 0 Å². The molecule has 8 heteroatoms. The van der Waals surface area contributed by atoms with Gasteiger partial charge in [-0.05, 0) is 42.1 Å². The van der Waals surface area contributed by atoms with Gasteiger partial charge in [-0.2, -0.15) is 0 Å². The fourth-order valence-corrected chi connectivity index (χ4v) is 3.97. The van der Waals surface area contributed by atoms with E-state index in [2.05, 4.69) is 4.57 Å². The highest BCUT2D eigenvalue weighted by atomic mass is 35.5. The molecule has 2 aromatic carbocycles. The molecule has 1 aliphatic heterocycles. The van der Waals surface area contributed by atoms with E-state index in [1.165, 1.54) is 9.80 Å². The van der Waals surface area contributed by atoms with Crippen LogP contribution in [0.15, 0.2) is 54.2 Å². The first-order chi connectivity index (χ1) is 14.3. The number of likely N-dealkylation sites (N-methyl/N-ethyl adjacent to an activating group) is 2. The van der Waals surface area contributed by atoms with Gasteiger partial charge in [-0.25, -0.2) is 0 Å². The third-order valence-electron chi connectivity index (χ3n) is 5.10. The molecular weight excluding hydrogens is 441 g/mol. The molecule has 0 bridgehead atoms. The molecule has 0 saturated carbocycles. The molecule has 2 amide bonds. The minimum Gasteiger partial charge on any atom is -0.342 e. The molecule has 1 aliphatic rings. The molecule has 152 valence electrons. The summed E-state index contributed by atoms with van der Waals surface area (Å²) in [5.41, 5.74) is 2.81. The van der Waals surface area contributed by atoms with E-state index < -0.39 is 11.8 Å². The number of hydrogen-bond donors (Lipinski definition) is 0. The lowest BCUT2D eigenvalue weighted by Gasteiger charge is -2.31. The minimum atomic E-state index is -0.413. The Bertz CT molecular complexity index is 1220. The highest BCUT2D eigenvalue weighted by molar-refractivity contribution is 7.80. The predicted molar refractivity (Wildman–Crippen MR) is 124 cm³/mol. The predicted octanol–water partition coefficient (Wildman–Crippen LogP) is 4.60. The lowest BCUT2D eigenvalue weighted by molar-refractivity contribution is -0.132. The van der Waals surface area contributed by atoms with Crippen LogP contribution < -0.4 is 0 Å². The van der Waals surface area contributed by atoms with E-state index >= 15 is 0 Å². The van der Waals surface area contributed by atoms with Crippen LogP contribution in [-0.2, 0) is 16.1 Å². The summed E-state index contributed by atoms with van der Waals surface area (Å²) in [4.78, 5) is 28.0. The van der Waals surface area contributed by atoms with Crippen molar-refractivity contribution in [3.63, 3.8) is 0 Å². The molecule has 1 saturated heterocycles. The maximum absolute atomic E-state index is 12.7. The van der Waals surface area contributed by atoms with Crippen molar-refractivity contribution in [1.82, 2.24) is 14.4 Å². The molecule has 0 N–H and O–H groups in total. The zero-order valence-electron chi connectivity index (χ0n) is 16.2. The number of benzene rings is 2. The monoisotopic (exact) mass is 457 g/mol. The third-order valence-corrected chi connectivity index (χ3v) is 6.39. The second kappa shape index (κ2) is 7.87.